The summed E-state index contributed by atoms with van der Waals surface area (Å²) < 4.78 is 0. The van der Waals surface area contributed by atoms with Crippen molar-refractivity contribution in [1.82, 2.24) is 0 Å². The maximum absolute atomic E-state index is 7.74. The van der Waals surface area contributed by atoms with Crippen molar-refractivity contribution in [3.05, 3.63) is 0 Å². The quantitative estimate of drug-likeness (QED) is 0.490. The molecule has 3 N–H and O–H groups in total. The fourth-order valence-electron chi connectivity index (χ4n) is 0. The number of rotatable bonds is 0. The van der Waals surface area contributed by atoms with Crippen LogP contribution < -0.4 is 0 Å². The van der Waals surface area contributed by atoms with E-state index in [1.54, 1.807) is 0 Å². The van der Waals surface area contributed by atoms with Gasteiger partial charge in [-0.3, -0.25) is 0 Å². The molecule has 35 valence electrons. The first-order valence-electron chi connectivity index (χ1n) is 1.05. The molecule has 0 amide bonds. The smallest absolute Gasteiger partial charge is 0.193 e. The van der Waals surface area contributed by atoms with Crippen molar-refractivity contribution in [2.45, 2.75) is 0 Å². The van der Waals surface area contributed by atoms with Gasteiger partial charge in [-0.25, -0.2) is 0 Å². The van der Waals surface area contributed by atoms with Gasteiger partial charge < -0.3 is 0 Å². The van der Waals surface area contributed by atoms with E-state index in [-0.39, 0.29) is 35.6 Å². The van der Waals surface area contributed by atoms with Crippen molar-refractivity contribution in [3.63, 3.8) is 0 Å². The Morgan fingerprint density at radius 1 is 1.17 bits per heavy atom. The van der Waals surface area contributed by atoms with Gasteiger partial charge in [0.25, 0.3) is 0 Å². The van der Waals surface area contributed by atoms with Crippen LogP contribution in [0.4, 0.5) is 0 Å². The van der Waals surface area contributed by atoms with Gasteiger partial charge in [0, 0.05) is 35.6 Å². The number of hydrogen-bond acceptors (Lipinski definition) is 3. The third kappa shape index (κ3) is 49.3. The molecule has 0 fully saturated rings. The van der Waals surface area contributed by atoms with Crippen LogP contribution in [-0.4, -0.2) is 21.3 Å². The van der Waals surface area contributed by atoms with Crippen molar-refractivity contribution < 1.29 is 50.3 Å². The summed E-state index contributed by atoms with van der Waals surface area (Å²) in [7, 11) is -3.39. The molecule has 0 aliphatic carbocycles. The zero-order chi connectivity index (χ0) is 4.50. The summed E-state index contributed by atoms with van der Waals surface area (Å²) in [6, 6.07) is 0. The monoisotopic (exact) mass is 236 g/mol. The van der Waals surface area contributed by atoms with Crippen molar-refractivity contribution in [2.75, 3.05) is 6.66 Å². The van der Waals surface area contributed by atoms with E-state index in [0.717, 1.165) is 6.66 Å². The maximum Gasteiger partial charge on any atom is 0.400 e. The van der Waals surface area contributed by atoms with E-state index in [0.29, 0.717) is 0 Å². The molecule has 1 radical (unpaired) electrons. The second-order valence-corrected chi connectivity index (χ2v) is 2.60. The first kappa shape index (κ1) is 10.5. The van der Waals surface area contributed by atoms with Gasteiger partial charge in [0.2, 0.25) is 0 Å². The van der Waals surface area contributed by atoms with Gasteiger partial charge in [0.1, 0.15) is 6.66 Å². The Morgan fingerprint density at radius 2 is 1.17 bits per heavy atom. The molecule has 0 heterocycles. The Balaban J connectivity index is 0. The van der Waals surface area contributed by atoms with Crippen LogP contribution in [0.5, 0.6) is 0 Å². The Kier molecular flexibility index (Phi) is 6.11. The van der Waals surface area contributed by atoms with E-state index in [4.69, 9.17) is 14.7 Å². The number of hydrogen-bond donors (Lipinski definition) is 3. The van der Waals surface area contributed by atoms with E-state index in [1.165, 1.54) is 0 Å². The largest absolute Gasteiger partial charge is 0.400 e. The van der Waals surface area contributed by atoms with Crippen LogP contribution >= 0.6 is 7.94 Å². The molecule has 0 aromatic carbocycles. The summed E-state index contributed by atoms with van der Waals surface area (Å²) in [6.45, 7) is 0.965. The Bertz CT molecular complexity index is 26.3. The minimum atomic E-state index is -3.39. The van der Waals surface area contributed by atoms with Gasteiger partial charge >= 0.3 is 7.94 Å². The van der Waals surface area contributed by atoms with Crippen LogP contribution in [-0.2, 0) is 0 Å². The average Bonchev–Trinajstić information content (AvgIpc) is 0.722. The molecule has 6 heavy (non-hydrogen) atoms. The molecule has 0 saturated carbocycles. The van der Waals surface area contributed by atoms with Crippen LogP contribution in [0.25, 0.3) is 0 Å². The second kappa shape index (κ2) is 3.50. The van der Waals surface area contributed by atoms with E-state index < -0.39 is 7.94 Å². The summed E-state index contributed by atoms with van der Waals surface area (Å²) in [5, 5.41) is 0. The summed E-state index contributed by atoms with van der Waals surface area (Å²) in [5.41, 5.74) is 0. The van der Waals surface area contributed by atoms with Crippen LogP contribution in [0.1, 0.15) is 0 Å². The van der Waals surface area contributed by atoms with Crippen LogP contribution in [0.2, 0.25) is 0 Å². The first-order chi connectivity index (χ1) is 2.00. The fraction of sp³-hybridized carbons (Fsp3) is 1.00. The third-order valence-electron chi connectivity index (χ3n) is 0. The fourth-order valence-corrected chi connectivity index (χ4v) is 0. The molecule has 3 nitrogen and oxygen atoms in total. The van der Waals surface area contributed by atoms with Crippen molar-refractivity contribution in [1.29, 1.82) is 0 Å². The Labute approximate surface area is 64.6 Å². The third-order valence-corrected chi connectivity index (χ3v) is 0. The predicted octanol–water partition coefficient (Wildman–Crippen LogP) is -0.644. The normalized spacial score (nSPS) is 10.0. The van der Waals surface area contributed by atoms with Crippen molar-refractivity contribution in [2.24, 2.45) is 0 Å². The van der Waals surface area contributed by atoms with E-state index in [9.17, 15) is 0 Å². The average molecular weight is 236 g/mol. The molecule has 0 unspecified atom stereocenters. The Hall–Kier alpha value is 1.50. The summed E-state index contributed by atoms with van der Waals surface area (Å²) >= 11 is 0. The molecule has 0 aliphatic heterocycles. The molecule has 0 aromatic heterocycles. The molecular formula is CH6LaO3P+. The summed E-state index contributed by atoms with van der Waals surface area (Å²) in [5.74, 6) is 0. The zero-order valence-electron chi connectivity index (χ0n) is 3.37. The van der Waals surface area contributed by atoms with Gasteiger partial charge in [-0.1, -0.05) is 0 Å². The SMILES string of the molecule is C[P+](O)(O)O.[La]. The first-order valence-corrected chi connectivity index (χ1v) is 3.14. The van der Waals surface area contributed by atoms with Crippen LogP contribution in [0.15, 0.2) is 0 Å². The minimum Gasteiger partial charge on any atom is -0.193 e. The minimum absolute atomic E-state index is 0. The zero-order valence-corrected chi connectivity index (χ0v) is 7.89. The van der Waals surface area contributed by atoms with E-state index in [2.05, 4.69) is 0 Å². The molecule has 0 saturated heterocycles. The summed E-state index contributed by atoms with van der Waals surface area (Å²) in [6.07, 6.45) is 0. The molecule has 0 atom stereocenters. The van der Waals surface area contributed by atoms with E-state index >= 15 is 0 Å². The van der Waals surface area contributed by atoms with Gasteiger partial charge in [-0.2, -0.15) is 14.7 Å². The molecule has 5 heteroatoms. The molecule has 0 spiro atoms. The second-order valence-electron chi connectivity index (χ2n) is 0.868. The molecule has 0 rings (SSSR count). The molecular weight excluding hydrogens is 230 g/mol. The summed E-state index contributed by atoms with van der Waals surface area (Å²) in [4.78, 5) is 23.2. The van der Waals surface area contributed by atoms with Gasteiger partial charge in [-0.05, 0) is 0 Å². The van der Waals surface area contributed by atoms with E-state index in [1.807, 2.05) is 0 Å². The standard InChI is InChI=1S/CH6O3P.La/c1-5(2,3)4;/h2-4H,1H3;/q+1;. The van der Waals surface area contributed by atoms with Gasteiger partial charge in [0.05, 0.1) is 0 Å². The molecule has 0 bridgehead atoms. The van der Waals surface area contributed by atoms with Crippen LogP contribution in [0, 0.1) is 35.6 Å². The van der Waals surface area contributed by atoms with Gasteiger partial charge in [-0.15, -0.1) is 0 Å². The van der Waals surface area contributed by atoms with Crippen molar-refractivity contribution in [3.8, 4) is 0 Å². The maximum atomic E-state index is 7.74. The van der Waals surface area contributed by atoms with Gasteiger partial charge in [0.15, 0.2) is 0 Å². The Morgan fingerprint density at radius 3 is 1.17 bits per heavy atom. The molecule has 0 aromatic rings. The van der Waals surface area contributed by atoms with Crippen LogP contribution in [0.3, 0.4) is 0 Å². The topological polar surface area (TPSA) is 60.7 Å². The predicted molar refractivity (Wildman–Crippen MR) is 19.5 cm³/mol. The van der Waals surface area contributed by atoms with Crippen molar-refractivity contribution >= 4 is 7.94 Å². The molecule has 0 aliphatic rings.